The molecule has 0 aliphatic carbocycles. The lowest BCUT2D eigenvalue weighted by atomic mass is 10.2. The first kappa shape index (κ1) is 19.8. The summed E-state index contributed by atoms with van der Waals surface area (Å²) in [6.07, 6.45) is 5.97. The minimum atomic E-state index is -0.767. The molecule has 0 unspecified atom stereocenters. The van der Waals surface area contributed by atoms with Crippen molar-refractivity contribution >= 4 is 35.2 Å². The van der Waals surface area contributed by atoms with Gasteiger partial charge in [0.15, 0.2) is 5.82 Å². The minimum Gasteiger partial charge on any atom is -0.306 e. The molecular formula is C18H18ClF2N3O2. The summed E-state index contributed by atoms with van der Waals surface area (Å²) < 4.78 is 28.6. The monoisotopic (exact) mass is 381 g/mol. The molecule has 0 bridgehead atoms. The van der Waals surface area contributed by atoms with Crippen LogP contribution in [0.3, 0.4) is 0 Å². The van der Waals surface area contributed by atoms with Crippen molar-refractivity contribution in [3.8, 4) is 0 Å². The number of aromatic nitrogens is 2. The smallest absolute Gasteiger partial charge is 0.249 e. The third kappa shape index (κ3) is 5.77. The van der Waals surface area contributed by atoms with Crippen LogP contribution in [0.2, 0.25) is 5.02 Å². The second-order valence-electron chi connectivity index (χ2n) is 5.70. The topological polar surface area (TPSA) is 64.0 Å². The van der Waals surface area contributed by atoms with Gasteiger partial charge in [0.2, 0.25) is 5.91 Å². The number of rotatable bonds is 8. The molecule has 0 atom stereocenters. The first-order valence-electron chi connectivity index (χ1n) is 8.02. The average molecular weight is 382 g/mol. The van der Waals surface area contributed by atoms with Gasteiger partial charge in [0, 0.05) is 36.9 Å². The molecule has 1 aromatic carbocycles. The zero-order chi connectivity index (χ0) is 19.1. The first-order chi connectivity index (χ1) is 12.4. The summed E-state index contributed by atoms with van der Waals surface area (Å²) in [7, 11) is 0. The number of carbonyl (C=O) groups is 2. The van der Waals surface area contributed by atoms with Crippen LogP contribution in [0, 0.1) is 11.6 Å². The number of aryl methyl sites for hydroxylation is 1. The first-order valence-corrected chi connectivity index (χ1v) is 8.40. The molecule has 1 amide bonds. The van der Waals surface area contributed by atoms with Crippen LogP contribution in [-0.2, 0) is 16.1 Å². The number of hydrogen-bond acceptors (Lipinski definition) is 3. The summed E-state index contributed by atoms with van der Waals surface area (Å²) in [5.74, 6) is -1.56. The summed E-state index contributed by atoms with van der Waals surface area (Å²) in [5.41, 5.74) is -0.196. The van der Waals surface area contributed by atoms with E-state index >= 15 is 0 Å². The Morgan fingerprint density at radius 2 is 1.96 bits per heavy atom. The second-order valence-corrected chi connectivity index (χ2v) is 6.08. The summed E-state index contributed by atoms with van der Waals surface area (Å²) >= 11 is 5.69. The van der Waals surface area contributed by atoms with E-state index in [1.807, 2.05) is 0 Å². The van der Waals surface area contributed by atoms with Gasteiger partial charge in [-0.3, -0.25) is 9.48 Å². The Hall–Kier alpha value is -2.54. The van der Waals surface area contributed by atoms with Crippen molar-refractivity contribution in [2.24, 2.45) is 0 Å². The molecule has 1 N–H and O–H groups in total. The summed E-state index contributed by atoms with van der Waals surface area (Å²) in [6, 6.07) is 3.47. The molecule has 0 saturated heterocycles. The van der Waals surface area contributed by atoms with E-state index in [0.717, 1.165) is 37.1 Å². The number of anilines is 1. The molecule has 2 rings (SSSR count). The fraction of sp³-hybridized carbons (Fsp3) is 0.278. The van der Waals surface area contributed by atoms with Gasteiger partial charge in [0.05, 0.1) is 5.02 Å². The third-order valence-corrected chi connectivity index (χ3v) is 3.92. The lowest BCUT2D eigenvalue weighted by Gasteiger charge is -2.02. The van der Waals surface area contributed by atoms with Crippen LogP contribution in [0.5, 0.6) is 0 Å². The molecule has 0 radical (unpaired) electrons. The normalized spacial score (nSPS) is 11.1. The molecule has 8 heteroatoms. The number of unbranched alkanes of at least 4 members (excludes halogenated alkanes) is 1. The Balaban J connectivity index is 1.90. The molecule has 1 heterocycles. The highest BCUT2D eigenvalue weighted by Crippen LogP contribution is 2.24. The van der Waals surface area contributed by atoms with Gasteiger partial charge >= 0.3 is 0 Å². The number of ketones is 1. The van der Waals surface area contributed by atoms with Gasteiger partial charge in [-0.1, -0.05) is 11.6 Å². The number of carbonyl (C=O) groups excluding carboxylic acids is 2. The van der Waals surface area contributed by atoms with Crippen molar-refractivity contribution in [2.45, 2.75) is 32.7 Å². The number of amides is 1. The van der Waals surface area contributed by atoms with Crippen molar-refractivity contribution in [1.29, 1.82) is 0 Å². The number of nitrogens with zero attached hydrogens (tertiary/aromatic N) is 2. The minimum absolute atomic E-state index is 0.153. The van der Waals surface area contributed by atoms with Crippen molar-refractivity contribution in [3.05, 3.63) is 52.7 Å². The van der Waals surface area contributed by atoms with E-state index < -0.39 is 17.5 Å². The third-order valence-electron chi connectivity index (χ3n) is 3.54. The molecule has 0 fully saturated rings. The van der Waals surface area contributed by atoms with Crippen LogP contribution in [0.1, 0.15) is 31.7 Å². The average Bonchev–Trinajstić information content (AvgIpc) is 3.02. The Morgan fingerprint density at radius 1 is 1.23 bits per heavy atom. The van der Waals surface area contributed by atoms with E-state index in [4.69, 9.17) is 11.6 Å². The largest absolute Gasteiger partial charge is 0.306 e. The molecule has 0 aliphatic rings. The fourth-order valence-electron chi connectivity index (χ4n) is 2.22. The van der Waals surface area contributed by atoms with E-state index in [1.54, 1.807) is 23.9 Å². The fourth-order valence-corrected chi connectivity index (χ4v) is 2.44. The van der Waals surface area contributed by atoms with Gasteiger partial charge in [-0.2, -0.15) is 5.10 Å². The van der Waals surface area contributed by atoms with Gasteiger partial charge < -0.3 is 10.1 Å². The predicted molar refractivity (Wildman–Crippen MR) is 95.8 cm³/mol. The lowest BCUT2D eigenvalue weighted by molar-refractivity contribution is -0.117. The van der Waals surface area contributed by atoms with E-state index in [0.29, 0.717) is 18.8 Å². The van der Waals surface area contributed by atoms with Crippen LogP contribution in [0.25, 0.3) is 6.08 Å². The Labute approximate surface area is 154 Å². The maximum Gasteiger partial charge on any atom is 0.249 e. The Kier molecular flexibility index (Phi) is 7.03. The lowest BCUT2D eigenvalue weighted by Crippen LogP contribution is -2.09. The summed E-state index contributed by atoms with van der Waals surface area (Å²) in [5, 5.41) is 6.32. The van der Waals surface area contributed by atoms with Gasteiger partial charge in [-0.15, -0.1) is 0 Å². The van der Waals surface area contributed by atoms with E-state index in [1.165, 1.54) is 0 Å². The number of halogens is 3. The van der Waals surface area contributed by atoms with Crippen LogP contribution in [0.15, 0.2) is 30.5 Å². The summed E-state index contributed by atoms with van der Waals surface area (Å²) in [6.45, 7) is 2.18. The van der Waals surface area contributed by atoms with Crippen LogP contribution in [0.4, 0.5) is 14.6 Å². The quantitative estimate of drug-likeness (QED) is 0.423. The molecule has 5 nitrogen and oxygen atoms in total. The highest BCUT2D eigenvalue weighted by atomic mass is 35.5. The molecular weight excluding hydrogens is 364 g/mol. The predicted octanol–water partition coefficient (Wildman–Crippen LogP) is 4.23. The number of Topliss-reactive ketones (excluding diaryl/α,β-unsaturated/α-hetero) is 1. The molecule has 0 aliphatic heterocycles. The molecule has 138 valence electrons. The molecule has 1 aromatic heterocycles. The maximum atomic E-state index is 13.6. The van der Waals surface area contributed by atoms with E-state index in [9.17, 15) is 18.4 Å². The zero-order valence-corrected chi connectivity index (χ0v) is 14.9. The van der Waals surface area contributed by atoms with Gasteiger partial charge in [-0.05, 0) is 38.0 Å². The van der Waals surface area contributed by atoms with Gasteiger partial charge in [0.1, 0.15) is 17.4 Å². The summed E-state index contributed by atoms with van der Waals surface area (Å²) in [4.78, 5) is 22.8. The van der Waals surface area contributed by atoms with Crippen LogP contribution >= 0.6 is 11.6 Å². The molecule has 2 aromatic rings. The standard InChI is InChI=1S/C18H18ClF2N3O2/c1-12(25)4-2-3-10-24-11-9-16(23-24)22-17(26)8-5-13-14(20)6-7-15(21)18(13)19/h5-9,11H,2-4,10H2,1H3,(H,22,23,26)/b8-5+. The van der Waals surface area contributed by atoms with Crippen molar-refractivity contribution in [3.63, 3.8) is 0 Å². The SMILES string of the molecule is CC(=O)CCCCn1ccc(NC(=O)/C=C/c2c(F)ccc(F)c2Cl)n1. The van der Waals surface area contributed by atoms with Gasteiger partial charge in [0.25, 0.3) is 0 Å². The van der Waals surface area contributed by atoms with E-state index in [-0.39, 0.29) is 16.4 Å². The van der Waals surface area contributed by atoms with Crippen molar-refractivity contribution < 1.29 is 18.4 Å². The number of nitrogens with one attached hydrogen (secondary N) is 1. The van der Waals surface area contributed by atoms with Crippen LogP contribution in [-0.4, -0.2) is 21.5 Å². The van der Waals surface area contributed by atoms with Crippen LogP contribution < -0.4 is 5.32 Å². The molecule has 0 spiro atoms. The number of benzene rings is 1. The Bertz CT molecular complexity index is 834. The Morgan fingerprint density at radius 3 is 2.69 bits per heavy atom. The zero-order valence-electron chi connectivity index (χ0n) is 14.1. The highest BCUT2D eigenvalue weighted by molar-refractivity contribution is 6.32. The van der Waals surface area contributed by atoms with Crippen molar-refractivity contribution in [1.82, 2.24) is 9.78 Å². The number of hydrogen-bond donors (Lipinski definition) is 1. The molecule has 26 heavy (non-hydrogen) atoms. The maximum absolute atomic E-state index is 13.6. The van der Waals surface area contributed by atoms with E-state index in [2.05, 4.69) is 10.4 Å². The van der Waals surface area contributed by atoms with Gasteiger partial charge in [-0.25, -0.2) is 8.78 Å². The second kappa shape index (κ2) is 9.24. The highest BCUT2D eigenvalue weighted by Gasteiger charge is 2.10. The molecule has 0 saturated carbocycles. The van der Waals surface area contributed by atoms with Crippen molar-refractivity contribution in [2.75, 3.05) is 5.32 Å².